The summed E-state index contributed by atoms with van der Waals surface area (Å²) in [5.74, 6) is -0.729. The van der Waals surface area contributed by atoms with Crippen LogP contribution in [0.4, 0.5) is 11.4 Å². The van der Waals surface area contributed by atoms with Crippen molar-refractivity contribution in [3.63, 3.8) is 0 Å². The zero-order chi connectivity index (χ0) is 24.1. The summed E-state index contributed by atoms with van der Waals surface area (Å²) in [6.07, 6.45) is 1.76. The van der Waals surface area contributed by atoms with Gasteiger partial charge in [0.1, 0.15) is 5.15 Å². The molecule has 2 N–H and O–H groups in total. The van der Waals surface area contributed by atoms with Crippen molar-refractivity contribution >= 4 is 45.7 Å². The molecule has 3 aromatic rings. The van der Waals surface area contributed by atoms with Crippen molar-refractivity contribution in [2.45, 2.75) is 46.7 Å². The van der Waals surface area contributed by atoms with Crippen molar-refractivity contribution in [2.24, 2.45) is 5.92 Å². The summed E-state index contributed by atoms with van der Waals surface area (Å²) >= 11 is 5.81. The first-order chi connectivity index (χ1) is 15.7. The molecule has 0 aliphatic heterocycles. The molecule has 0 aliphatic rings. The average Bonchev–Trinajstić information content (AvgIpc) is 2.74. The van der Waals surface area contributed by atoms with Crippen molar-refractivity contribution in [2.75, 3.05) is 10.6 Å². The number of benzene rings is 1. The number of amides is 2. The zero-order valence-electron chi connectivity index (χ0n) is 18.7. The first-order valence-corrected chi connectivity index (χ1v) is 11.1. The Morgan fingerprint density at radius 1 is 0.970 bits per heavy atom. The number of hydrogen-bond donors (Lipinski definition) is 2. The Bertz CT molecular complexity index is 1310. The summed E-state index contributed by atoms with van der Waals surface area (Å²) in [4.78, 5) is 53.8. The molecular formula is C23H26ClN5O4. The summed E-state index contributed by atoms with van der Waals surface area (Å²) in [5.41, 5.74) is 0.777. The van der Waals surface area contributed by atoms with Gasteiger partial charge in [0, 0.05) is 43.5 Å². The molecule has 0 saturated heterocycles. The van der Waals surface area contributed by atoms with E-state index in [9.17, 15) is 19.2 Å². The molecule has 1 unspecified atom stereocenters. The largest absolute Gasteiger partial charge is 0.331 e. The minimum Gasteiger partial charge on any atom is -0.326 e. The van der Waals surface area contributed by atoms with Crippen molar-refractivity contribution in [3.8, 4) is 0 Å². The van der Waals surface area contributed by atoms with Crippen molar-refractivity contribution in [1.82, 2.24) is 14.1 Å². The Kier molecular flexibility index (Phi) is 7.65. The standard InChI is InChI=1S/C23H26ClN5O4/c1-4-28-18-7-6-15(12-17(18)22(32)29(5-2)23(28)33)26-20(30)10-14(3)11-21(31)27-16-8-9-25-19(24)13-16/h6-9,12-14H,4-5,10-11H2,1-3H3,(H,26,30)(H,25,27,31). The number of aryl methyl sites for hydroxylation is 1. The first-order valence-electron chi connectivity index (χ1n) is 10.7. The number of carbonyl (C=O) groups excluding carboxylic acids is 2. The SMILES string of the molecule is CCn1c(=O)c2cc(NC(=O)CC(C)CC(=O)Nc3ccnc(Cl)c3)ccc2n(CC)c1=O. The highest BCUT2D eigenvalue weighted by Crippen LogP contribution is 2.18. The number of pyridine rings is 1. The fraction of sp³-hybridized carbons (Fsp3) is 0.348. The average molecular weight is 472 g/mol. The second-order valence-electron chi connectivity index (χ2n) is 7.79. The third-order valence-electron chi connectivity index (χ3n) is 5.22. The topological polar surface area (TPSA) is 115 Å². The smallest absolute Gasteiger partial charge is 0.326 e. The molecule has 2 aromatic heterocycles. The van der Waals surface area contributed by atoms with Gasteiger partial charge in [0.15, 0.2) is 0 Å². The van der Waals surface area contributed by atoms with E-state index in [0.29, 0.717) is 28.8 Å². The second-order valence-corrected chi connectivity index (χ2v) is 8.17. The molecule has 1 atom stereocenters. The number of hydrogen-bond acceptors (Lipinski definition) is 5. The van der Waals surface area contributed by atoms with Crippen molar-refractivity contribution < 1.29 is 9.59 Å². The van der Waals surface area contributed by atoms with Gasteiger partial charge in [0.2, 0.25) is 11.8 Å². The molecule has 2 heterocycles. The van der Waals surface area contributed by atoms with Crippen LogP contribution >= 0.6 is 11.6 Å². The van der Waals surface area contributed by atoms with Gasteiger partial charge >= 0.3 is 5.69 Å². The van der Waals surface area contributed by atoms with E-state index in [2.05, 4.69) is 15.6 Å². The van der Waals surface area contributed by atoms with E-state index >= 15 is 0 Å². The molecule has 1 aromatic carbocycles. The third kappa shape index (κ3) is 5.67. The van der Waals surface area contributed by atoms with Gasteiger partial charge in [-0.1, -0.05) is 18.5 Å². The lowest BCUT2D eigenvalue weighted by atomic mass is 10.0. The summed E-state index contributed by atoms with van der Waals surface area (Å²) < 4.78 is 2.70. The van der Waals surface area contributed by atoms with Crippen LogP contribution in [0.1, 0.15) is 33.6 Å². The maximum absolute atomic E-state index is 12.7. The molecule has 174 valence electrons. The molecule has 0 saturated carbocycles. The molecule has 0 spiro atoms. The number of carbonyl (C=O) groups is 2. The zero-order valence-corrected chi connectivity index (χ0v) is 19.5. The van der Waals surface area contributed by atoms with Crippen LogP contribution in [0.2, 0.25) is 5.15 Å². The lowest BCUT2D eigenvalue weighted by Gasteiger charge is -2.14. The number of nitrogens with zero attached hydrogens (tertiary/aromatic N) is 3. The van der Waals surface area contributed by atoms with Gasteiger partial charge in [-0.05, 0) is 50.1 Å². The van der Waals surface area contributed by atoms with Gasteiger partial charge in [0.05, 0.1) is 10.9 Å². The number of aromatic nitrogens is 3. The fourth-order valence-corrected chi connectivity index (χ4v) is 3.87. The highest BCUT2D eigenvalue weighted by Gasteiger charge is 2.16. The van der Waals surface area contributed by atoms with Crippen LogP contribution in [0, 0.1) is 5.92 Å². The molecule has 0 fully saturated rings. The lowest BCUT2D eigenvalue weighted by Crippen LogP contribution is -2.39. The monoisotopic (exact) mass is 471 g/mol. The van der Waals surface area contributed by atoms with Crippen LogP contribution in [0.25, 0.3) is 10.9 Å². The summed E-state index contributed by atoms with van der Waals surface area (Å²) in [5, 5.41) is 6.15. The van der Waals surface area contributed by atoms with Crippen LogP contribution < -0.4 is 21.9 Å². The van der Waals surface area contributed by atoms with Crippen molar-refractivity contribution in [1.29, 1.82) is 0 Å². The lowest BCUT2D eigenvalue weighted by molar-refractivity contribution is -0.118. The fourth-order valence-electron chi connectivity index (χ4n) is 3.70. The molecule has 10 heteroatoms. The minimum absolute atomic E-state index is 0.121. The maximum atomic E-state index is 12.7. The summed E-state index contributed by atoms with van der Waals surface area (Å²) in [6, 6.07) is 8.07. The quantitative estimate of drug-likeness (QED) is 0.489. The van der Waals surface area contributed by atoms with Crippen LogP contribution in [0.5, 0.6) is 0 Å². The first kappa shape index (κ1) is 24.2. The van der Waals surface area contributed by atoms with E-state index in [4.69, 9.17) is 11.6 Å². The predicted octanol–water partition coefficient (Wildman–Crippen LogP) is 3.24. The van der Waals surface area contributed by atoms with Gasteiger partial charge in [-0.3, -0.25) is 23.5 Å². The number of anilines is 2. The predicted molar refractivity (Wildman–Crippen MR) is 129 cm³/mol. The number of rotatable bonds is 8. The molecule has 33 heavy (non-hydrogen) atoms. The van der Waals surface area contributed by atoms with Gasteiger partial charge in [-0.15, -0.1) is 0 Å². The molecule has 2 amide bonds. The van der Waals surface area contributed by atoms with E-state index < -0.39 is 0 Å². The Balaban J connectivity index is 1.68. The highest BCUT2D eigenvalue weighted by molar-refractivity contribution is 6.29. The number of halogens is 1. The van der Waals surface area contributed by atoms with E-state index in [0.717, 1.165) is 0 Å². The van der Waals surface area contributed by atoms with Gasteiger partial charge < -0.3 is 10.6 Å². The Labute approximate surface area is 195 Å². The Morgan fingerprint density at radius 3 is 2.15 bits per heavy atom. The van der Waals surface area contributed by atoms with E-state index in [1.165, 1.54) is 15.3 Å². The normalized spacial score (nSPS) is 11.9. The van der Waals surface area contributed by atoms with Gasteiger partial charge in [-0.2, -0.15) is 0 Å². The molecule has 0 radical (unpaired) electrons. The molecule has 3 rings (SSSR count). The van der Waals surface area contributed by atoms with Crippen LogP contribution in [-0.2, 0) is 22.7 Å². The van der Waals surface area contributed by atoms with E-state index in [1.54, 1.807) is 44.2 Å². The van der Waals surface area contributed by atoms with E-state index in [-0.39, 0.29) is 53.5 Å². The van der Waals surface area contributed by atoms with Crippen LogP contribution in [0.3, 0.4) is 0 Å². The summed E-state index contributed by atoms with van der Waals surface area (Å²) in [6.45, 7) is 6.06. The van der Waals surface area contributed by atoms with Crippen molar-refractivity contribution in [3.05, 3.63) is 62.5 Å². The Morgan fingerprint density at radius 2 is 1.58 bits per heavy atom. The van der Waals surface area contributed by atoms with E-state index in [1.807, 2.05) is 6.92 Å². The number of nitrogens with one attached hydrogen (secondary N) is 2. The highest BCUT2D eigenvalue weighted by atomic mass is 35.5. The third-order valence-corrected chi connectivity index (χ3v) is 5.43. The molecule has 0 bridgehead atoms. The van der Waals surface area contributed by atoms with Gasteiger partial charge in [-0.25, -0.2) is 9.78 Å². The van der Waals surface area contributed by atoms with Gasteiger partial charge in [0.25, 0.3) is 5.56 Å². The number of fused-ring (bicyclic) bond motifs is 1. The second kappa shape index (κ2) is 10.4. The van der Waals surface area contributed by atoms with Crippen LogP contribution in [-0.4, -0.2) is 25.9 Å². The maximum Gasteiger partial charge on any atom is 0.331 e. The minimum atomic E-state index is -0.389. The van der Waals surface area contributed by atoms with Crippen LogP contribution in [0.15, 0.2) is 46.1 Å². The molecule has 9 nitrogen and oxygen atoms in total. The summed E-state index contributed by atoms with van der Waals surface area (Å²) in [7, 11) is 0. The Hall–Kier alpha value is -3.46. The molecular weight excluding hydrogens is 446 g/mol. The molecule has 0 aliphatic carbocycles.